The summed E-state index contributed by atoms with van der Waals surface area (Å²) in [5.41, 5.74) is 0.681. The molecule has 0 radical (unpaired) electrons. The van der Waals surface area contributed by atoms with Crippen molar-refractivity contribution in [2.75, 3.05) is 32.1 Å². The second kappa shape index (κ2) is 9.64. The fourth-order valence-corrected chi connectivity index (χ4v) is 3.12. The molecule has 1 aliphatic rings. The van der Waals surface area contributed by atoms with Gasteiger partial charge in [-0.05, 0) is 49.1 Å². The molecule has 7 heteroatoms. The average Bonchev–Trinajstić information content (AvgIpc) is 3.24. The first-order valence-electron chi connectivity index (χ1n) is 9.33. The highest BCUT2D eigenvalue weighted by molar-refractivity contribution is 5.91. The zero-order chi connectivity index (χ0) is 19.8. The minimum atomic E-state index is -0.242. The summed E-state index contributed by atoms with van der Waals surface area (Å²) in [6, 6.07) is 10.6. The zero-order valence-electron chi connectivity index (χ0n) is 15.9. The number of nitrogens with one attached hydrogen (secondary N) is 2. The van der Waals surface area contributed by atoms with E-state index in [1.807, 2.05) is 23.1 Å². The van der Waals surface area contributed by atoms with Crippen molar-refractivity contribution >= 4 is 23.7 Å². The Morgan fingerprint density at radius 1 is 1.25 bits per heavy atom. The van der Waals surface area contributed by atoms with E-state index in [9.17, 15) is 9.59 Å². The number of ether oxygens (including phenoxy) is 1. The number of urea groups is 1. The SMILES string of the molecule is COc1cccc(NC(=O)NCC2CCN(C(=O)/C=C/c3ccco3)CC2)c1. The first-order chi connectivity index (χ1) is 13.6. The van der Waals surface area contributed by atoms with Gasteiger partial charge in [-0.2, -0.15) is 0 Å². The Bertz CT molecular complexity index is 809. The van der Waals surface area contributed by atoms with Gasteiger partial charge in [0.2, 0.25) is 5.91 Å². The number of piperidine rings is 1. The van der Waals surface area contributed by atoms with Crippen LogP contribution in [0.25, 0.3) is 6.08 Å². The van der Waals surface area contributed by atoms with Gasteiger partial charge in [-0.25, -0.2) is 4.79 Å². The lowest BCUT2D eigenvalue weighted by molar-refractivity contribution is -0.127. The molecule has 3 rings (SSSR count). The molecule has 0 aliphatic carbocycles. The second-order valence-corrected chi connectivity index (χ2v) is 6.68. The third-order valence-electron chi connectivity index (χ3n) is 4.74. The normalized spacial score (nSPS) is 14.8. The van der Waals surface area contributed by atoms with Gasteiger partial charge >= 0.3 is 6.03 Å². The number of rotatable bonds is 6. The highest BCUT2D eigenvalue weighted by atomic mass is 16.5. The molecule has 148 valence electrons. The molecule has 1 aliphatic heterocycles. The maximum absolute atomic E-state index is 12.2. The van der Waals surface area contributed by atoms with Crippen LogP contribution in [0.2, 0.25) is 0 Å². The standard InChI is InChI=1S/C21H25N3O4/c1-27-19-5-2-4-17(14-19)23-21(26)22-15-16-9-11-24(12-10-16)20(25)8-7-18-6-3-13-28-18/h2-8,13-14,16H,9-12,15H2,1H3,(H2,22,23,26)/b8-7+. The summed E-state index contributed by atoms with van der Waals surface area (Å²) in [6.45, 7) is 1.95. The van der Waals surface area contributed by atoms with Gasteiger partial charge in [0.25, 0.3) is 0 Å². The Kier molecular flexibility index (Phi) is 6.73. The van der Waals surface area contributed by atoms with Crippen molar-refractivity contribution < 1.29 is 18.7 Å². The van der Waals surface area contributed by atoms with Gasteiger partial charge in [0.1, 0.15) is 11.5 Å². The Morgan fingerprint density at radius 2 is 2.07 bits per heavy atom. The minimum absolute atomic E-state index is 0.0152. The topological polar surface area (TPSA) is 83.8 Å². The second-order valence-electron chi connectivity index (χ2n) is 6.68. The quantitative estimate of drug-likeness (QED) is 0.749. The van der Waals surface area contributed by atoms with Gasteiger partial charge < -0.3 is 24.7 Å². The maximum atomic E-state index is 12.2. The lowest BCUT2D eigenvalue weighted by Crippen LogP contribution is -2.41. The van der Waals surface area contributed by atoms with E-state index in [1.165, 1.54) is 0 Å². The number of methoxy groups -OCH3 is 1. The molecule has 0 atom stereocenters. The number of amides is 3. The van der Waals surface area contributed by atoms with Gasteiger partial charge in [-0.15, -0.1) is 0 Å². The van der Waals surface area contributed by atoms with E-state index in [4.69, 9.17) is 9.15 Å². The maximum Gasteiger partial charge on any atom is 0.319 e. The molecule has 2 heterocycles. The van der Waals surface area contributed by atoms with Crippen molar-refractivity contribution in [1.29, 1.82) is 0 Å². The average molecular weight is 383 g/mol. The van der Waals surface area contributed by atoms with Gasteiger partial charge in [-0.3, -0.25) is 4.79 Å². The fraction of sp³-hybridized carbons (Fsp3) is 0.333. The van der Waals surface area contributed by atoms with Crippen LogP contribution >= 0.6 is 0 Å². The van der Waals surface area contributed by atoms with Crippen molar-refractivity contribution in [1.82, 2.24) is 10.2 Å². The summed E-state index contributed by atoms with van der Waals surface area (Å²) in [6.07, 6.45) is 6.52. The Balaban J connectivity index is 1.38. The number of hydrogen-bond donors (Lipinski definition) is 2. The molecular weight excluding hydrogens is 358 g/mol. The zero-order valence-corrected chi connectivity index (χ0v) is 15.9. The number of furan rings is 1. The van der Waals surface area contributed by atoms with Crippen molar-refractivity contribution in [2.45, 2.75) is 12.8 Å². The number of carbonyl (C=O) groups excluding carboxylic acids is 2. The molecule has 2 aromatic rings. The highest BCUT2D eigenvalue weighted by Crippen LogP contribution is 2.18. The van der Waals surface area contributed by atoms with E-state index in [1.54, 1.807) is 43.7 Å². The predicted octanol–water partition coefficient (Wildman–Crippen LogP) is 3.36. The predicted molar refractivity (Wildman–Crippen MR) is 107 cm³/mol. The summed E-state index contributed by atoms with van der Waals surface area (Å²) in [5, 5.41) is 5.71. The molecule has 7 nitrogen and oxygen atoms in total. The smallest absolute Gasteiger partial charge is 0.319 e. The van der Waals surface area contributed by atoms with E-state index in [0.29, 0.717) is 42.7 Å². The summed E-state index contributed by atoms with van der Waals surface area (Å²) in [5.74, 6) is 1.69. The number of anilines is 1. The molecule has 1 aromatic carbocycles. The third-order valence-corrected chi connectivity index (χ3v) is 4.74. The van der Waals surface area contributed by atoms with Crippen LogP contribution in [0.4, 0.5) is 10.5 Å². The van der Waals surface area contributed by atoms with Gasteiger partial charge in [0.05, 0.1) is 13.4 Å². The molecular formula is C21H25N3O4. The van der Waals surface area contributed by atoms with Crippen LogP contribution in [0.1, 0.15) is 18.6 Å². The number of hydrogen-bond acceptors (Lipinski definition) is 4. The summed E-state index contributed by atoms with van der Waals surface area (Å²) >= 11 is 0. The molecule has 28 heavy (non-hydrogen) atoms. The Labute approximate surface area is 164 Å². The largest absolute Gasteiger partial charge is 0.497 e. The number of benzene rings is 1. The molecule has 0 unspecified atom stereocenters. The van der Waals surface area contributed by atoms with Crippen LogP contribution in [0.15, 0.2) is 53.2 Å². The van der Waals surface area contributed by atoms with Crippen LogP contribution in [0.5, 0.6) is 5.75 Å². The molecule has 3 amide bonds. The number of likely N-dealkylation sites (tertiary alicyclic amines) is 1. The molecule has 0 saturated carbocycles. The lowest BCUT2D eigenvalue weighted by atomic mass is 9.97. The van der Waals surface area contributed by atoms with E-state index in [0.717, 1.165) is 12.8 Å². The van der Waals surface area contributed by atoms with Gasteiger partial charge in [0.15, 0.2) is 0 Å². The third kappa shape index (κ3) is 5.64. The Morgan fingerprint density at radius 3 is 2.79 bits per heavy atom. The van der Waals surface area contributed by atoms with E-state index >= 15 is 0 Å². The van der Waals surface area contributed by atoms with Crippen LogP contribution in [-0.4, -0.2) is 43.6 Å². The van der Waals surface area contributed by atoms with Crippen molar-refractivity contribution in [3.05, 3.63) is 54.5 Å². The van der Waals surface area contributed by atoms with E-state index < -0.39 is 0 Å². The van der Waals surface area contributed by atoms with Crippen LogP contribution in [0, 0.1) is 5.92 Å². The Hall–Kier alpha value is -3.22. The lowest BCUT2D eigenvalue weighted by Gasteiger charge is -2.31. The molecule has 1 fully saturated rings. The highest BCUT2D eigenvalue weighted by Gasteiger charge is 2.22. The molecule has 0 spiro atoms. The first kappa shape index (κ1) is 19.5. The van der Waals surface area contributed by atoms with Crippen molar-refractivity contribution in [3.8, 4) is 5.75 Å². The molecule has 1 aromatic heterocycles. The molecule has 2 N–H and O–H groups in total. The summed E-state index contributed by atoms with van der Waals surface area (Å²) < 4.78 is 10.3. The monoisotopic (exact) mass is 383 g/mol. The van der Waals surface area contributed by atoms with Crippen molar-refractivity contribution in [3.63, 3.8) is 0 Å². The van der Waals surface area contributed by atoms with Crippen molar-refractivity contribution in [2.24, 2.45) is 5.92 Å². The van der Waals surface area contributed by atoms with Crippen LogP contribution in [-0.2, 0) is 4.79 Å². The van der Waals surface area contributed by atoms with E-state index in [2.05, 4.69) is 10.6 Å². The van der Waals surface area contributed by atoms with Gasteiger partial charge in [-0.1, -0.05) is 6.07 Å². The van der Waals surface area contributed by atoms with Crippen LogP contribution < -0.4 is 15.4 Å². The number of nitrogens with zero attached hydrogens (tertiary/aromatic N) is 1. The first-order valence-corrected chi connectivity index (χ1v) is 9.33. The minimum Gasteiger partial charge on any atom is -0.497 e. The molecule has 1 saturated heterocycles. The summed E-state index contributed by atoms with van der Waals surface area (Å²) in [4.78, 5) is 26.1. The fourth-order valence-electron chi connectivity index (χ4n) is 3.12. The number of carbonyl (C=O) groups is 2. The van der Waals surface area contributed by atoms with Crippen LogP contribution in [0.3, 0.4) is 0 Å². The van der Waals surface area contributed by atoms with E-state index in [-0.39, 0.29) is 11.9 Å². The van der Waals surface area contributed by atoms with Gasteiger partial charge in [0, 0.05) is 37.5 Å². The summed E-state index contributed by atoms with van der Waals surface area (Å²) in [7, 11) is 1.59. The molecule has 0 bridgehead atoms.